The molecule has 0 unspecified atom stereocenters. The number of rotatable bonds is 4. The Kier molecular flexibility index (Phi) is 5.58. The number of imide groups is 1. The highest BCUT2D eigenvalue weighted by Gasteiger charge is 2.25. The summed E-state index contributed by atoms with van der Waals surface area (Å²) in [5.74, 6) is -0.377. The van der Waals surface area contributed by atoms with Crippen molar-refractivity contribution in [1.29, 1.82) is 0 Å². The predicted octanol–water partition coefficient (Wildman–Crippen LogP) is 4.23. The molecule has 0 aliphatic carbocycles. The molecule has 26 heavy (non-hydrogen) atoms. The molecule has 1 heterocycles. The Morgan fingerprint density at radius 2 is 2.00 bits per heavy atom. The number of hydrogen-bond acceptors (Lipinski definition) is 5. The SMILES string of the molecule is Cc1ccccc1CC(=O)Oc1ccc(C=C2SC(=O)NC2=O)cc1Br. The first-order valence-electron chi connectivity index (χ1n) is 7.72. The van der Waals surface area contributed by atoms with Gasteiger partial charge in [-0.25, -0.2) is 0 Å². The van der Waals surface area contributed by atoms with Gasteiger partial charge in [-0.3, -0.25) is 19.7 Å². The van der Waals surface area contributed by atoms with Gasteiger partial charge in [0.05, 0.1) is 15.8 Å². The number of benzene rings is 2. The smallest absolute Gasteiger partial charge is 0.315 e. The van der Waals surface area contributed by atoms with Crippen LogP contribution in [0.5, 0.6) is 5.75 Å². The maximum absolute atomic E-state index is 12.2. The van der Waals surface area contributed by atoms with Crippen LogP contribution in [0.25, 0.3) is 6.08 Å². The molecule has 1 aliphatic heterocycles. The number of carbonyl (C=O) groups excluding carboxylic acids is 3. The van der Waals surface area contributed by atoms with Crippen LogP contribution in [0, 0.1) is 6.92 Å². The number of esters is 1. The molecule has 2 aromatic rings. The van der Waals surface area contributed by atoms with E-state index in [1.54, 1.807) is 24.3 Å². The molecule has 1 fully saturated rings. The Balaban J connectivity index is 1.71. The van der Waals surface area contributed by atoms with E-state index < -0.39 is 5.91 Å². The van der Waals surface area contributed by atoms with Crippen LogP contribution in [0.3, 0.4) is 0 Å². The lowest BCUT2D eigenvalue weighted by Crippen LogP contribution is -2.17. The number of amides is 2. The van der Waals surface area contributed by atoms with Crippen LogP contribution < -0.4 is 10.1 Å². The standard InChI is InChI=1S/C19H14BrNO4S/c1-11-4-2-3-5-13(11)10-17(22)25-15-7-6-12(8-14(15)20)9-16-18(23)21-19(24)26-16/h2-9H,10H2,1H3,(H,21,23,24). The van der Waals surface area contributed by atoms with Gasteiger partial charge in [-0.05, 0) is 69.5 Å². The first-order valence-corrected chi connectivity index (χ1v) is 9.33. The first kappa shape index (κ1) is 18.4. The molecule has 1 aliphatic rings. The molecule has 7 heteroatoms. The molecule has 2 aromatic carbocycles. The fourth-order valence-electron chi connectivity index (χ4n) is 2.38. The van der Waals surface area contributed by atoms with Crippen LogP contribution in [0.1, 0.15) is 16.7 Å². The largest absolute Gasteiger partial charge is 0.425 e. The lowest BCUT2D eigenvalue weighted by Gasteiger charge is -2.09. The second-order valence-electron chi connectivity index (χ2n) is 5.62. The van der Waals surface area contributed by atoms with Gasteiger partial charge in [0.1, 0.15) is 5.75 Å². The summed E-state index contributed by atoms with van der Waals surface area (Å²) in [6.45, 7) is 1.95. The summed E-state index contributed by atoms with van der Waals surface area (Å²) in [6.07, 6.45) is 1.79. The van der Waals surface area contributed by atoms with E-state index in [2.05, 4.69) is 21.2 Å². The fraction of sp³-hybridized carbons (Fsp3) is 0.105. The van der Waals surface area contributed by atoms with Crippen molar-refractivity contribution >= 4 is 50.9 Å². The van der Waals surface area contributed by atoms with Crippen molar-refractivity contribution in [1.82, 2.24) is 5.32 Å². The third kappa shape index (κ3) is 4.42. The van der Waals surface area contributed by atoms with E-state index in [0.717, 1.165) is 22.9 Å². The molecule has 0 bridgehead atoms. The highest BCUT2D eigenvalue weighted by Crippen LogP contribution is 2.30. The van der Waals surface area contributed by atoms with Crippen molar-refractivity contribution in [3.8, 4) is 5.75 Å². The van der Waals surface area contributed by atoms with Gasteiger partial charge in [0.2, 0.25) is 0 Å². The second-order valence-corrected chi connectivity index (χ2v) is 7.49. The van der Waals surface area contributed by atoms with E-state index in [1.165, 1.54) is 0 Å². The molecule has 0 aromatic heterocycles. The van der Waals surface area contributed by atoms with Gasteiger partial charge in [-0.2, -0.15) is 0 Å². The van der Waals surface area contributed by atoms with Crippen molar-refractivity contribution in [3.05, 3.63) is 68.5 Å². The van der Waals surface area contributed by atoms with Gasteiger partial charge in [-0.15, -0.1) is 0 Å². The van der Waals surface area contributed by atoms with Gasteiger partial charge in [0.25, 0.3) is 11.1 Å². The Hall–Kier alpha value is -2.38. The quantitative estimate of drug-likeness (QED) is 0.445. The minimum atomic E-state index is -0.412. The van der Waals surface area contributed by atoms with Crippen LogP contribution in [-0.4, -0.2) is 17.1 Å². The zero-order valence-electron chi connectivity index (χ0n) is 13.7. The summed E-state index contributed by atoms with van der Waals surface area (Å²) >= 11 is 4.22. The maximum atomic E-state index is 12.2. The van der Waals surface area contributed by atoms with Gasteiger partial charge >= 0.3 is 5.97 Å². The average molecular weight is 432 g/mol. The number of ether oxygens (including phenoxy) is 1. The molecular weight excluding hydrogens is 418 g/mol. The Bertz CT molecular complexity index is 939. The highest BCUT2D eigenvalue weighted by molar-refractivity contribution is 9.10. The summed E-state index contributed by atoms with van der Waals surface area (Å²) in [4.78, 5) is 35.3. The van der Waals surface area contributed by atoms with Gasteiger partial charge in [0, 0.05) is 0 Å². The number of nitrogens with one attached hydrogen (secondary N) is 1. The normalized spacial score (nSPS) is 15.2. The third-order valence-corrected chi connectivity index (χ3v) is 5.15. The Morgan fingerprint density at radius 1 is 1.23 bits per heavy atom. The predicted molar refractivity (Wildman–Crippen MR) is 104 cm³/mol. The van der Waals surface area contributed by atoms with Crippen LogP contribution >= 0.6 is 27.7 Å². The van der Waals surface area contributed by atoms with E-state index in [4.69, 9.17) is 4.74 Å². The third-order valence-electron chi connectivity index (χ3n) is 3.72. The van der Waals surface area contributed by atoms with Gasteiger partial charge in [0.15, 0.2) is 0 Å². The number of thioether (sulfide) groups is 1. The van der Waals surface area contributed by atoms with Crippen molar-refractivity contribution in [3.63, 3.8) is 0 Å². The number of halogens is 1. The second kappa shape index (κ2) is 7.88. The van der Waals surface area contributed by atoms with Crippen LogP contribution in [0.4, 0.5) is 4.79 Å². The van der Waals surface area contributed by atoms with Crippen LogP contribution in [-0.2, 0) is 16.0 Å². The molecule has 1 saturated heterocycles. The maximum Gasteiger partial charge on any atom is 0.315 e. The average Bonchev–Trinajstić information content (AvgIpc) is 2.89. The summed E-state index contributed by atoms with van der Waals surface area (Å²) in [5.41, 5.74) is 2.67. The number of aryl methyl sites for hydroxylation is 1. The van der Waals surface area contributed by atoms with Crippen molar-refractivity contribution in [2.24, 2.45) is 0 Å². The lowest BCUT2D eigenvalue weighted by atomic mass is 10.1. The molecule has 1 N–H and O–H groups in total. The molecule has 0 radical (unpaired) electrons. The lowest BCUT2D eigenvalue weighted by molar-refractivity contribution is -0.133. The summed E-state index contributed by atoms with van der Waals surface area (Å²) < 4.78 is 6.01. The van der Waals surface area contributed by atoms with E-state index in [9.17, 15) is 14.4 Å². The molecule has 0 saturated carbocycles. The van der Waals surface area contributed by atoms with E-state index >= 15 is 0 Å². The summed E-state index contributed by atoms with van der Waals surface area (Å²) in [7, 11) is 0. The van der Waals surface area contributed by atoms with E-state index in [-0.39, 0.29) is 17.6 Å². The molecule has 2 amide bonds. The number of hydrogen-bond donors (Lipinski definition) is 1. The molecular formula is C19H14BrNO4S. The summed E-state index contributed by atoms with van der Waals surface area (Å²) in [5, 5.41) is 1.82. The minimum absolute atomic E-state index is 0.184. The topological polar surface area (TPSA) is 72.5 Å². The zero-order chi connectivity index (χ0) is 18.7. The Labute approximate surface area is 162 Å². The molecule has 0 atom stereocenters. The highest BCUT2D eigenvalue weighted by atomic mass is 79.9. The van der Waals surface area contributed by atoms with Crippen LogP contribution in [0.15, 0.2) is 51.8 Å². The van der Waals surface area contributed by atoms with Crippen LogP contribution in [0.2, 0.25) is 0 Å². The Morgan fingerprint density at radius 3 is 2.65 bits per heavy atom. The molecule has 0 spiro atoms. The molecule has 5 nitrogen and oxygen atoms in total. The summed E-state index contributed by atoms with van der Waals surface area (Å²) in [6, 6.07) is 12.7. The van der Waals surface area contributed by atoms with Crippen molar-refractivity contribution in [2.45, 2.75) is 13.3 Å². The van der Waals surface area contributed by atoms with Crippen molar-refractivity contribution < 1.29 is 19.1 Å². The monoisotopic (exact) mass is 431 g/mol. The van der Waals surface area contributed by atoms with Gasteiger partial charge in [-0.1, -0.05) is 30.3 Å². The van der Waals surface area contributed by atoms with Gasteiger partial charge < -0.3 is 4.74 Å². The van der Waals surface area contributed by atoms with E-state index in [1.807, 2.05) is 31.2 Å². The first-order chi connectivity index (χ1) is 12.4. The fourth-order valence-corrected chi connectivity index (χ4v) is 3.54. The zero-order valence-corrected chi connectivity index (χ0v) is 16.1. The molecule has 132 valence electrons. The number of carbonyl (C=O) groups is 3. The van der Waals surface area contributed by atoms with E-state index in [0.29, 0.717) is 20.7 Å². The van der Waals surface area contributed by atoms with Crippen molar-refractivity contribution in [2.75, 3.05) is 0 Å². The molecule has 3 rings (SSSR count). The minimum Gasteiger partial charge on any atom is -0.425 e.